The van der Waals surface area contributed by atoms with E-state index in [-0.39, 0.29) is 40.9 Å². The summed E-state index contributed by atoms with van der Waals surface area (Å²) in [6.07, 6.45) is -0.557. The summed E-state index contributed by atoms with van der Waals surface area (Å²) in [5.41, 5.74) is -1.40. The number of phenolic OH excluding ortho intramolecular Hbond substituents is 3. The quantitative estimate of drug-likeness (QED) is 0.437. The van der Waals surface area contributed by atoms with Crippen molar-refractivity contribution in [2.24, 2.45) is 0 Å². The van der Waals surface area contributed by atoms with Gasteiger partial charge in [-0.05, 0) is 19.4 Å². The Bertz CT molecular complexity index is 1080. The molecule has 0 spiro atoms. The van der Waals surface area contributed by atoms with Crippen molar-refractivity contribution in [3.05, 3.63) is 51.6 Å². The van der Waals surface area contributed by atoms with Gasteiger partial charge >= 0.3 is 5.97 Å². The van der Waals surface area contributed by atoms with Crippen molar-refractivity contribution in [1.82, 2.24) is 0 Å². The Balaban J connectivity index is 2.32. The molecule has 2 aromatic rings. The van der Waals surface area contributed by atoms with Crippen LogP contribution in [0.3, 0.4) is 0 Å². The minimum Gasteiger partial charge on any atom is -0.507 e. The van der Waals surface area contributed by atoms with E-state index < -0.39 is 52.3 Å². The minimum absolute atomic E-state index is 0.00173. The highest BCUT2D eigenvalue weighted by Gasteiger charge is 2.39. The monoisotopic (exact) mass is 398 g/mol. The molecule has 3 rings (SSSR count). The number of fused-ring (bicyclic) bond motifs is 2. The van der Waals surface area contributed by atoms with Gasteiger partial charge < -0.3 is 24.9 Å². The SMILES string of the molecule is COC(=O)Cc1c(O)c2c(c(O)c1CCC(C)=O)C(=O)c1c(O)cccc1C2=O. The van der Waals surface area contributed by atoms with Crippen LogP contribution in [0, 0.1) is 0 Å². The van der Waals surface area contributed by atoms with Crippen LogP contribution in [0.4, 0.5) is 0 Å². The minimum atomic E-state index is -0.839. The van der Waals surface area contributed by atoms with Gasteiger partial charge in [0.05, 0.1) is 30.2 Å². The lowest BCUT2D eigenvalue weighted by molar-refractivity contribution is -0.139. The summed E-state index contributed by atoms with van der Waals surface area (Å²) in [4.78, 5) is 49.2. The van der Waals surface area contributed by atoms with Crippen LogP contribution in [0.15, 0.2) is 18.2 Å². The first kappa shape index (κ1) is 20.1. The Morgan fingerprint density at radius 1 is 0.931 bits per heavy atom. The summed E-state index contributed by atoms with van der Waals surface area (Å²) < 4.78 is 4.61. The number of Topliss-reactive ketones (excluding diaryl/α,β-unsaturated/α-hetero) is 1. The summed E-state index contributed by atoms with van der Waals surface area (Å²) in [7, 11) is 1.14. The van der Waals surface area contributed by atoms with E-state index in [4.69, 9.17) is 0 Å². The van der Waals surface area contributed by atoms with Gasteiger partial charge in [-0.25, -0.2) is 0 Å². The van der Waals surface area contributed by atoms with Gasteiger partial charge in [0, 0.05) is 23.1 Å². The lowest BCUT2D eigenvalue weighted by Crippen LogP contribution is -2.23. The van der Waals surface area contributed by atoms with Gasteiger partial charge in [0.2, 0.25) is 5.78 Å². The summed E-state index contributed by atoms with van der Waals surface area (Å²) in [5, 5.41) is 31.7. The van der Waals surface area contributed by atoms with Crippen molar-refractivity contribution in [1.29, 1.82) is 0 Å². The van der Waals surface area contributed by atoms with Crippen LogP contribution in [0.2, 0.25) is 0 Å². The van der Waals surface area contributed by atoms with E-state index in [0.29, 0.717) is 0 Å². The lowest BCUT2D eigenvalue weighted by atomic mass is 9.79. The molecule has 3 N–H and O–H groups in total. The van der Waals surface area contributed by atoms with Crippen LogP contribution in [-0.2, 0) is 27.2 Å². The maximum Gasteiger partial charge on any atom is 0.310 e. The summed E-state index contributed by atoms with van der Waals surface area (Å²) >= 11 is 0. The molecule has 150 valence electrons. The Kier molecular flexibility index (Phi) is 5.11. The molecule has 0 fully saturated rings. The molecule has 0 heterocycles. The molecule has 0 saturated carbocycles. The molecule has 1 aliphatic rings. The number of benzene rings is 2. The third kappa shape index (κ3) is 3.22. The number of hydrogen-bond donors (Lipinski definition) is 3. The summed E-state index contributed by atoms with van der Waals surface area (Å²) in [6, 6.07) is 3.92. The van der Waals surface area contributed by atoms with Crippen molar-refractivity contribution < 1.29 is 39.2 Å². The van der Waals surface area contributed by atoms with Crippen LogP contribution in [0.1, 0.15) is 56.3 Å². The van der Waals surface area contributed by atoms with Crippen molar-refractivity contribution >= 4 is 23.3 Å². The molecule has 2 aromatic carbocycles. The van der Waals surface area contributed by atoms with E-state index in [0.717, 1.165) is 7.11 Å². The average Bonchev–Trinajstić information content (AvgIpc) is 2.67. The number of esters is 1. The first-order valence-electron chi connectivity index (χ1n) is 8.76. The number of aromatic hydroxyl groups is 3. The van der Waals surface area contributed by atoms with Crippen LogP contribution in [-0.4, -0.2) is 45.7 Å². The van der Waals surface area contributed by atoms with E-state index in [1.54, 1.807) is 0 Å². The van der Waals surface area contributed by atoms with Gasteiger partial charge in [0.15, 0.2) is 5.78 Å². The third-order valence-electron chi connectivity index (χ3n) is 4.90. The van der Waals surface area contributed by atoms with E-state index in [1.807, 2.05) is 0 Å². The fourth-order valence-electron chi connectivity index (χ4n) is 3.47. The maximum absolute atomic E-state index is 13.0. The number of rotatable bonds is 5. The Morgan fingerprint density at radius 3 is 2.17 bits per heavy atom. The molecule has 8 heteroatoms. The molecular formula is C21H18O8. The largest absolute Gasteiger partial charge is 0.507 e. The van der Waals surface area contributed by atoms with E-state index in [1.165, 1.54) is 25.1 Å². The zero-order valence-electron chi connectivity index (χ0n) is 15.7. The molecule has 0 aromatic heterocycles. The predicted molar refractivity (Wildman–Crippen MR) is 99.5 cm³/mol. The van der Waals surface area contributed by atoms with E-state index >= 15 is 0 Å². The van der Waals surface area contributed by atoms with Gasteiger partial charge in [-0.15, -0.1) is 0 Å². The fourth-order valence-corrected chi connectivity index (χ4v) is 3.47. The highest BCUT2D eigenvalue weighted by Crippen LogP contribution is 2.45. The number of methoxy groups -OCH3 is 1. The molecule has 0 saturated heterocycles. The molecule has 29 heavy (non-hydrogen) atoms. The van der Waals surface area contributed by atoms with Gasteiger partial charge in [-0.3, -0.25) is 14.4 Å². The number of hydrogen-bond acceptors (Lipinski definition) is 8. The molecule has 1 aliphatic carbocycles. The van der Waals surface area contributed by atoms with Crippen molar-refractivity contribution in [2.75, 3.05) is 7.11 Å². The van der Waals surface area contributed by atoms with Crippen molar-refractivity contribution in [3.8, 4) is 17.2 Å². The van der Waals surface area contributed by atoms with Gasteiger partial charge in [0.1, 0.15) is 23.0 Å². The lowest BCUT2D eigenvalue weighted by Gasteiger charge is -2.24. The molecule has 8 nitrogen and oxygen atoms in total. The molecule has 0 bridgehead atoms. The summed E-state index contributed by atoms with van der Waals surface area (Å²) in [5.74, 6) is -4.24. The normalized spacial score (nSPS) is 12.3. The molecule has 0 atom stereocenters. The number of carbonyl (C=O) groups is 4. The average molecular weight is 398 g/mol. The number of phenols is 3. The van der Waals surface area contributed by atoms with Gasteiger partial charge in [0.25, 0.3) is 0 Å². The van der Waals surface area contributed by atoms with Crippen LogP contribution in [0.5, 0.6) is 17.2 Å². The second-order valence-corrected chi connectivity index (χ2v) is 6.72. The van der Waals surface area contributed by atoms with Crippen molar-refractivity contribution in [2.45, 2.75) is 26.2 Å². The van der Waals surface area contributed by atoms with Crippen molar-refractivity contribution in [3.63, 3.8) is 0 Å². The smallest absolute Gasteiger partial charge is 0.310 e. The number of ether oxygens (including phenoxy) is 1. The molecule has 0 unspecified atom stereocenters. The molecule has 0 radical (unpaired) electrons. The first-order chi connectivity index (χ1) is 13.7. The molecule has 0 amide bonds. The Morgan fingerprint density at radius 2 is 1.55 bits per heavy atom. The molecular weight excluding hydrogens is 380 g/mol. The Hall–Kier alpha value is -3.68. The van der Waals surface area contributed by atoms with Gasteiger partial charge in [-0.1, -0.05) is 12.1 Å². The second kappa shape index (κ2) is 7.38. The van der Waals surface area contributed by atoms with Crippen LogP contribution >= 0.6 is 0 Å². The second-order valence-electron chi connectivity index (χ2n) is 6.72. The zero-order valence-corrected chi connectivity index (χ0v) is 15.7. The van der Waals surface area contributed by atoms with Crippen LogP contribution < -0.4 is 0 Å². The van der Waals surface area contributed by atoms with Crippen LogP contribution in [0.25, 0.3) is 0 Å². The number of ketones is 3. The highest BCUT2D eigenvalue weighted by molar-refractivity contribution is 6.31. The topological polar surface area (TPSA) is 138 Å². The highest BCUT2D eigenvalue weighted by atomic mass is 16.5. The standard InChI is InChI=1S/C21H18O8/c1-9(22)6-7-10-12(8-14(24)29-2)20(27)16-17(18(10)25)21(28)15-11(19(16)26)4-3-5-13(15)23/h3-5,23,25,27H,6-8H2,1-2H3. The molecule has 0 aliphatic heterocycles. The van der Waals surface area contributed by atoms with E-state index in [9.17, 15) is 34.5 Å². The number of carbonyl (C=O) groups excluding carboxylic acids is 4. The fraction of sp³-hybridized carbons (Fsp3) is 0.238. The zero-order chi connectivity index (χ0) is 21.5. The Labute approximate surface area is 165 Å². The first-order valence-corrected chi connectivity index (χ1v) is 8.76. The predicted octanol–water partition coefficient (Wildman–Crippen LogP) is 1.82. The van der Waals surface area contributed by atoms with Gasteiger partial charge in [-0.2, -0.15) is 0 Å². The van der Waals surface area contributed by atoms with E-state index in [2.05, 4.69) is 4.74 Å². The third-order valence-corrected chi connectivity index (χ3v) is 4.90. The maximum atomic E-state index is 13.0. The summed E-state index contributed by atoms with van der Waals surface area (Å²) in [6.45, 7) is 1.33.